The number of primary amides is 1. The van der Waals surface area contributed by atoms with Crippen LogP contribution in [-0.2, 0) is 16.1 Å². The molecule has 9 nitrogen and oxygen atoms in total. The van der Waals surface area contributed by atoms with Crippen LogP contribution in [-0.4, -0.2) is 53.5 Å². The lowest BCUT2D eigenvalue weighted by molar-refractivity contribution is -0.139. The number of anilines is 3. The van der Waals surface area contributed by atoms with E-state index in [4.69, 9.17) is 10.5 Å². The number of hydrogen-bond acceptors (Lipinski definition) is 7. The SMILES string of the molecule is COCC(=O)N1CC(c2ccc(Nc3cc(NCc4cccc(F)n4)c(C(N)=O)cn3)cc2)C1. The van der Waals surface area contributed by atoms with Gasteiger partial charge in [-0.2, -0.15) is 4.39 Å². The number of halogens is 1. The molecule has 1 aliphatic rings. The van der Waals surface area contributed by atoms with E-state index in [1.807, 2.05) is 24.3 Å². The number of amides is 2. The normalized spacial score (nSPS) is 13.3. The zero-order valence-corrected chi connectivity index (χ0v) is 18.6. The molecular formula is C24H25FN6O3. The second-order valence-electron chi connectivity index (χ2n) is 7.96. The molecular weight excluding hydrogens is 439 g/mol. The molecule has 3 aromatic rings. The summed E-state index contributed by atoms with van der Waals surface area (Å²) in [5, 5.41) is 6.28. The van der Waals surface area contributed by atoms with Crippen LogP contribution in [0, 0.1) is 5.95 Å². The number of rotatable bonds is 9. The Labute approximate surface area is 196 Å². The Balaban J connectivity index is 1.41. The lowest BCUT2D eigenvalue weighted by Gasteiger charge is -2.39. The van der Waals surface area contributed by atoms with Crippen molar-refractivity contribution < 1.29 is 18.7 Å². The van der Waals surface area contributed by atoms with Gasteiger partial charge in [0.2, 0.25) is 11.9 Å². The molecule has 0 unspecified atom stereocenters. The third kappa shape index (κ3) is 5.46. The second-order valence-corrected chi connectivity index (χ2v) is 7.96. The summed E-state index contributed by atoms with van der Waals surface area (Å²) >= 11 is 0. The van der Waals surface area contributed by atoms with Crippen LogP contribution in [0.1, 0.15) is 27.5 Å². The molecule has 34 heavy (non-hydrogen) atoms. The Morgan fingerprint density at radius 1 is 1.21 bits per heavy atom. The average molecular weight is 465 g/mol. The molecule has 0 saturated carbocycles. The molecule has 0 bridgehead atoms. The summed E-state index contributed by atoms with van der Waals surface area (Å²) in [6, 6.07) is 14.1. The highest BCUT2D eigenvalue weighted by atomic mass is 19.1. The van der Waals surface area contributed by atoms with Gasteiger partial charge in [-0.15, -0.1) is 0 Å². The molecule has 1 fully saturated rings. The minimum absolute atomic E-state index is 0.000104. The molecule has 0 aliphatic carbocycles. The van der Waals surface area contributed by atoms with Crippen molar-refractivity contribution in [2.24, 2.45) is 5.73 Å². The molecule has 1 saturated heterocycles. The van der Waals surface area contributed by atoms with Gasteiger partial charge < -0.3 is 26.0 Å². The molecule has 4 rings (SSSR count). The van der Waals surface area contributed by atoms with Gasteiger partial charge in [-0.1, -0.05) is 18.2 Å². The smallest absolute Gasteiger partial charge is 0.252 e. The first kappa shape index (κ1) is 23.1. The number of likely N-dealkylation sites (tertiary alicyclic amines) is 1. The molecule has 0 radical (unpaired) electrons. The van der Waals surface area contributed by atoms with E-state index in [9.17, 15) is 14.0 Å². The van der Waals surface area contributed by atoms with Crippen molar-refractivity contribution >= 4 is 29.0 Å². The van der Waals surface area contributed by atoms with Gasteiger partial charge in [0.05, 0.1) is 23.5 Å². The summed E-state index contributed by atoms with van der Waals surface area (Å²) in [4.78, 5) is 33.5. The van der Waals surface area contributed by atoms with Gasteiger partial charge in [0.25, 0.3) is 5.91 Å². The average Bonchev–Trinajstić information content (AvgIpc) is 2.78. The number of nitrogens with one attached hydrogen (secondary N) is 2. The molecule has 2 amide bonds. The van der Waals surface area contributed by atoms with E-state index in [0.717, 1.165) is 11.3 Å². The van der Waals surface area contributed by atoms with Crippen LogP contribution in [0.5, 0.6) is 0 Å². The highest BCUT2D eigenvalue weighted by Gasteiger charge is 2.31. The molecule has 1 aliphatic heterocycles. The standard InChI is InChI=1S/C24H25FN6O3/c1-34-14-23(32)31-12-16(13-31)15-5-7-17(8-6-15)30-22-9-20(19(11-28-22)24(26)33)27-10-18-3-2-4-21(25)29-18/h2-9,11,16H,10,12-14H2,1H3,(H2,26,33)(H2,27,28,30). The Hall–Kier alpha value is -4.05. The lowest BCUT2D eigenvalue weighted by Crippen LogP contribution is -2.49. The van der Waals surface area contributed by atoms with Crippen LogP contribution in [0.2, 0.25) is 0 Å². The molecule has 4 N–H and O–H groups in total. The second kappa shape index (κ2) is 10.3. The molecule has 0 atom stereocenters. The highest BCUT2D eigenvalue weighted by Crippen LogP contribution is 2.29. The number of pyridine rings is 2. The Morgan fingerprint density at radius 2 is 1.97 bits per heavy atom. The number of carbonyl (C=O) groups excluding carboxylic acids is 2. The Bertz CT molecular complexity index is 1180. The lowest BCUT2D eigenvalue weighted by atomic mass is 9.91. The predicted octanol–water partition coefficient (Wildman–Crippen LogP) is 2.64. The summed E-state index contributed by atoms with van der Waals surface area (Å²) in [6.07, 6.45) is 1.39. The maximum Gasteiger partial charge on any atom is 0.252 e. The van der Waals surface area contributed by atoms with E-state index in [1.165, 1.54) is 19.4 Å². The van der Waals surface area contributed by atoms with Crippen LogP contribution in [0.3, 0.4) is 0 Å². The fraction of sp³-hybridized carbons (Fsp3) is 0.250. The van der Waals surface area contributed by atoms with E-state index >= 15 is 0 Å². The molecule has 1 aromatic carbocycles. The van der Waals surface area contributed by atoms with Crippen molar-refractivity contribution in [2.45, 2.75) is 12.5 Å². The third-order valence-corrected chi connectivity index (χ3v) is 5.56. The number of methoxy groups -OCH3 is 1. The largest absolute Gasteiger partial charge is 0.379 e. The van der Waals surface area contributed by atoms with E-state index in [2.05, 4.69) is 20.6 Å². The van der Waals surface area contributed by atoms with E-state index < -0.39 is 11.9 Å². The van der Waals surface area contributed by atoms with Gasteiger partial charge in [-0.05, 0) is 29.8 Å². The predicted molar refractivity (Wildman–Crippen MR) is 125 cm³/mol. The van der Waals surface area contributed by atoms with E-state index in [1.54, 1.807) is 23.1 Å². The summed E-state index contributed by atoms with van der Waals surface area (Å²) in [5.41, 5.74) is 8.59. The number of benzene rings is 1. The number of nitrogens with zero attached hydrogens (tertiary/aromatic N) is 3. The van der Waals surface area contributed by atoms with E-state index in [-0.39, 0.29) is 24.6 Å². The third-order valence-electron chi connectivity index (χ3n) is 5.56. The van der Waals surface area contributed by atoms with Crippen LogP contribution < -0.4 is 16.4 Å². The summed E-state index contributed by atoms with van der Waals surface area (Å²) in [7, 11) is 1.51. The van der Waals surface area contributed by atoms with Crippen molar-refractivity contribution in [1.82, 2.24) is 14.9 Å². The molecule has 0 spiro atoms. The van der Waals surface area contributed by atoms with Crippen molar-refractivity contribution in [1.29, 1.82) is 0 Å². The quantitative estimate of drug-likeness (QED) is 0.416. The van der Waals surface area contributed by atoms with Crippen LogP contribution in [0.15, 0.2) is 54.7 Å². The zero-order chi connectivity index (χ0) is 24.1. The van der Waals surface area contributed by atoms with Crippen molar-refractivity contribution in [3.05, 3.63) is 77.5 Å². The fourth-order valence-corrected chi connectivity index (χ4v) is 3.70. The topological polar surface area (TPSA) is 122 Å². The van der Waals surface area contributed by atoms with Gasteiger partial charge >= 0.3 is 0 Å². The van der Waals surface area contributed by atoms with Crippen molar-refractivity contribution in [2.75, 3.05) is 37.4 Å². The first-order valence-electron chi connectivity index (χ1n) is 10.7. The van der Waals surface area contributed by atoms with Gasteiger partial charge in [-0.3, -0.25) is 9.59 Å². The summed E-state index contributed by atoms with van der Waals surface area (Å²) in [5.74, 6) is -0.398. The number of carbonyl (C=O) groups is 2. The highest BCUT2D eigenvalue weighted by molar-refractivity contribution is 5.98. The van der Waals surface area contributed by atoms with E-state index in [0.29, 0.717) is 36.2 Å². The van der Waals surface area contributed by atoms with Gasteiger partial charge in [0.1, 0.15) is 12.4 Å². The number of hydrogen-bond donors (Lipinski definition) is 3. The number of nitrogens with two attached hydrogens (primary N) is 1. The monoisotopic (exact) mass is 464 g/mol. The molecule has 10 heteroatoms. The fourth-order valence-electron chi connectivity index (χ4n) is 3.70. The molecule has 176 valence electrons. The maximum absolute atomic E-state index is 13.3. The van der Waals surface area contributed by atoms with Crippen LogP contribution in [0.25, 0.3) is 0 Å². The Morgan fingerprint density at radius 3 is 2.65 bits per heavy atom. The van der Waals surface area contributed by atoms with Gasteiger partial charge in [-0.25, -0.2) is 9.97 Å². The minimum Gasteiger partial charge on any atom is -0.379 e. The zero-order valence-electron chi connectivity index (χ0n) is 18.6. The van der Waals surface area contributed by atoms with Gasteiger partial charge in [0, 0.05) is 44.1 Å². The number of ether oxygens (including phenoxy) is 1. The molecule has 2 aromatic heterocycles. The van der Waals surface area contributed by atoms with Crippen LogP contribution >= 0.6 is 0 Å². The first-order valence-corrected chi connectivity index (χ1v) is 10.7. The first-order chi connectivity index (χ1) is 16.4. The maximum atomic E-state index is 13.3. The Kier molecular flexibility index (Phi) is 6.98. The molecule has 3 heterocycles. The van der Waals surface area contributed by atoms with Crippen molar-refractivity contribution in [3.8, 4) is 0 Å². The van der Waals surface area contributed by atoms with Crippen molar-refractivity contribution in [3.63, 3.8) is 0 Å². The number of aromatic nitrogens is 2. The van der Waals surface area contributed by atoms with Gasteiger partial charge in [0.15, 0.2) is 0 Å². The summed E-state index contributed by atoms with van der Waals surface area (Å²) < 4.78 is 18.2. The minimum atomic E-state index is -0.628. The summed E-state index contributed by atoms with van der Waals surface area (Å²) in [6.45, 7) is 1.68. The van der Waals surface area contributed by atoms with Crippen LogP contribution in [0.4, 0.5) is 21.6 Å².